The molecule has 0 spiro atoms. The fraction of sp³-hybridized carbons (Fsp3) is 0.978. The summed E-state index contributed by atoms with van der Waals surface area (Å²) in [4.78, 5) is 12.4. The van der Waals surface area contributed by atoms with E-state index in [1.165, 1.54) is 212 Å². The lowest BCUT2D eigenvalue weighted by Gasteiger charge is -2.22. The van der Waals surface area contributed by atoms with Crippen molar-refractivity contribution < 1.29 is 15.0 Å². The molecule has 2 unspecified atom stereocenters. The Morgan fingerprint density at radius 1 is 0.408 bits per heavy atom. The maximum Gasteiger partial charge on any atom is 0.220 e. The van der Waals surface area contributed by atoms with Crippen LogP contribution < -0.4 is 5.32 Å². The van der Waals surface area contributed by atoms with Crippen molar-refractivity contribution in [3.8, 4) is 0 Å². The van der Waals surface area contributed by atoms with Crippen molar-refractivity contribution in [2.75, 3.05) is 6.61 Å². The quantitative estimate of drug-likeness (QED) is 0.0557. The monoisotopic (exact) mass is 694 g/mol. The van der Waals surface area contributed by atoms with Gasteiger partial charge in [0.05, 0.1) is 18.8 Å². The predicted octanol–water partition coefficient (Wildman–Crippen LogP) is 14.1. The number of rotatable bonds is 42. The number of aliphatic hydroxyl groups is 2. The van der Waals surface area contributed by atoms with E-state index in [0.717, 1.165) is 25.7 Å². The summed E-state index contributed by atoms with van der Waals surface area (Å²) in [5, 5.41) is 23.0. The minimum absolute atomic E-state index is 0.0278. The molecule has 1 amide bonds. The smallest absolute Gasteiger partial charge is 0.220 e. The molecule has 0 aliphatic heterocycles. The van der Waals surface area contributed by atoms with Gasteiger partial charge in [-0.3, -0.25) is 4.79 Å². The number of hydrogen-bond donors (Lipinski definition) is 3. The van der Waals surface area contributed by atoms with Crippen LogP contribution in [0.4, 0.5) is 0 Å². The Hall–Kier alpha value is -0.610. The fourth-order valence-corrected chi connectivity index (χ4v) is 7.36. The molecule has 49 heavy (non-hydrogen) atoms. The summed E-state index contributed by atoms with van der Waals surface area (Å²) in [6.07, 6.45) is 50.6. The number of hydrogen-bond acceptors (Lipinski definition) is 3. The highest BCUT2D eigenvalue weighted by Crippen LogP contribution is 2.17. The van der Waals surface area contributed by atoms with Crippen LogP contribution in [0.5, 0.6) is 0 Å². The molecule has 0 aromatic carbocycles. The Morgan fingerprint density at radius 2 is 0.653 bits per heavy atom. The van der Waals surface area contributed by atoms with E-state index < -0.39 is 12.1 Å². The highest BCUT2D eigenvalue weighted by atomic mass is 16.3. The van der Waals surface area contributed by atoms with Crippen molar-refractivity contribution in [2.45, 2.75) is 276 Å². The first-order valence-electron chi connectivity index (χ1n) is 22.7. The van der Waals surface area contributed by atoms with Crippen molar-refractivity contribution >= 4 is 5.91 Å². The van der Waals surface area contributed by atoms with Crippen LogP contribution in [0.2, 0.25) is 0 Å². The maximum atomic E-state index is 12.4. The van der Waals surface area contributed by atoms with Crippen molar-refractivity contribution in [1.82, 2.24) is 5.32 Å². The molecule has 4 heteroatoms. The lowest BCUT2D eigenvalue weighted by molar-refractivity contribution is -0.123. The second kappa shape index (κ2) is 41.8. The average Bonchev–Trinajstić information content (AvgIpc) is 3.10. The number of carbonyl (C=O) groups is 1. The molecule has 0 fully saturated rings. The zero-order valence-electron chi connectivity index (χ0n) is 33.7. The molecule has 0 aromatic rings. The van der Waals surface area contributed by atoms with Gasteiger partial charge in [0.25, 0.3) is 0 Å². The van der Waals surface area contributed by atoms with E-state index in [4.69, 9.17) is 0 Å². The Balaban J connectivity index is 3.35. The number of nitrogens with one attached hydrogen (secondary N) is 1. The zero-order chi connectivity index (χ0) is 35.7. The van der Waals surface area contributed by atoms with Gasteiger partial charge in [-0.2, -0.15) is 0 Å². The van der Waals surface area contributed by atoms with Gasteiger partial charge in [0.1, 0.15) is 0 Å². The van der Waals surface area contributed by atoms with E-state index in [1.54, 1.807) is 0 Å². The summed E-state index contributed by atoms with van der Waals surface area (Å²) in [5.41, 5.74) is 0. The van der Waals surface area contributed by atoms with Crippen LogP contribution in [0.3, 0.4) is 0 Å². The molecule has 0 saturated carbocycles. The van der Waals surface area contributed by atoms with Gasteiger partial charge < -0.3 is 15.5 Å². The molecule has 0 radical (unpaired) electrons. The van der Waals surface area contributed by atoms with Crippen LogP contribution in [-0.4, -0.2) is 34.9 Å². The minimum atomic E-state index is -0.651. The molecule has 0 rings (SSSR count). The third kappa shape index (κ3) is 38.5. The van der Waals surface area contributed by atoms with E-state index in [1.807, 2.05) is 0 Å². The Morgan fingerprint density at radius 3 is 0.918 bits per heavy atom. The van der Waals surface area contributed by atoms with Crippen LogP contribution in [0, 0.1) is 0 Å². The highest BCUT2D eigenvalue weighted by Gasteiger charge is 2.20. The highest BCUT2D eigenvalue weighted by molar-refractivity contribution is 5.76. The second-order valence-electron chi connectivity index (χ2n) is 15.8. The molecule has 3 N–H and O–H groups in total. The second-order valence-corrected chi connectivity index (χ2v) is 15.8. The van der Waals surface area contributed by atoms with Gasteiger partial charge in [-0.1, -0.05) is 245 Å². The first kappa shape index (κ1) is 48.4. The lowest BCUT2D eigenvalue weighted by atomic mass is 10.0. The first-order chi connectivity index (χ1) is 24.2. The summed E-state index contributed by atoms with van der Waals surface area (Å²) < 4.78 is 0. The molecular formula is C45H91NO3. The van der Waals surface area contributed by atoms with E-state index in [2.05, 4.69) is 19.2 Å². The largest absolute Gasteiger partial charge is 0.394 e. The fourth-order valence-electron chi connectivity index (χ4n) is 7.36. The minimum Gasteiger partial charge on any atom is -0.394 e. The normalized spacial score (nSPS) is 12.8. The summed E-state index contributed by atoms with van der Waals surface area (Å²) in [7, 11) is 0. The topological polar surface area (TPSA) is 69.6 Å². The SMILES string of the molecule is CCCCCCCCCCCCCCCCCCCCCCCCCCCCCCC(=O)NC(CO)C(O)CCCCCCCCCCC. The first-order valence-corrected chi connectivity index (χ1v) is 22.7. The van der Waals surface area contributed by atoms with Gasteiger partial charge >= 0.3 is 0 Å². The molecular weight excluding hydrogens is 602 g/mol. The Kier molecular flexibility index (Phi) is 41.3. The molecule has 0 bridgehead atoms. The number of carbonyl (C=O) groups excluding carboxylic acids is 1. The molecule has 0 aromatic heterocycles. The van der Waals surface area contributed by atoms with Crippen LogP contribution >= 0.6 is 0 Å². The van der Waals surface area contributed by atoms with E-state index in [0.29, 0.717) is 12.8 Å². The molecule has 0 heterocycles. The van der Waals surface area contributed by atoms with Crippen LogP contribution in [0.15, 0.2) is 0 Å². The third-order valence-corrected chi connectivity index (χ3v) is 10.9. The average molecular weight is 694 g/mol. The lowest BCUT2D eigenvalue weighted by Crippen LogP contribution is -2.45. The van der Waals surface area contributed by atoms with Crippen LogP contribution in [0.25, 0.3) is 0 Å². The van der Waals surface area contributed by atoms with E-state index in [9.17, 15) is 15.0 Å². The van der Waals surface area contributed by atoms with Crippen molar-refractivity contribution in [2.24, 2.45) is 0 Å². The third-order valence-electron chi connectivity index (χ3n) is 10.9. The zero-order valence-corrected chi connectivity index (χ0v) is 33.7. The van der Waals surface area contributed by atoms with Gasteiger partial charge in [0.2, 0.25) is 5.91 Å². The van der Waals surface area contributed by atoms with Gasteiger partial charge in [0, 0.05) is 6.42 Å². The summed E-state index contributed by atoms with van der Waals surface area (Å²) in [5.74, 6) is -0.0278. The molecule has 0 saturated heterocycles. The standard InChI is InChI=1S/C45H91NO3/c1-3-5-7-9-11-13-14-15-16-17-18-19-20-21-22-23-24-25-26-27-28-29-30-31-33-35-37-39-41-45(49)46-43(42-47)44(48)40-38-36-34-32-12-10-8-6-4-2/h43-44,47-48H,3-42H2,1-2H3,(H,46,49). The number of unbranched alkanes of at least 4 members (excludes halogenated alkanes) is 35. The van der Waals surface area contributed by atoms with Gasteiger partial charge in [-0.15, -0.1) is 0 Å². The summed E-state index contributed by atoms with van der Waals surface area (Å²) in [6.45, 7) is 4.36. The van der Waals surface area contributed by atoms with Gasteiger partial charge in [0.15, 0.2) is 0 Å². The molecule has 0 aliphatic carbocycles. The molecule has 294 valence electrons. The molecule has 0 aliphatic rings. The predicted molar refractivity (Wildman–Crippen MR) is 216 cm³/mol. The van der Waals surface area contributed by atoms with Crippen molar-refractivity contribution in [1.29, 1.82) is 0 Å². The summed E-state index contributed by atoms with van der Waals surface area (Å²) >= 11 is 0. The summed E-state index contributed by atoms with van der Waals surface area (Å²) in [6, 6.07) is -0.527. The maximum absolute atomic E-state index is 12.4. The van der Waals surface area contributed by atoms with Gasteiger partial charge in [-0.05, 0) is 12.8 Å². The van der Waals surface area contributed by atoms with Crippen molar-refractivity contribution in [3.05, 3.63) is 0 Å². The van der Waals surface area contributed by atoms with Crippen molar-refractivity contribution in [3.63, 3.8) is 0 Å². The molecule has 2 atom stereocenters. The Labute approximate surface area is 308 Å². The van der Waals surface area contributed by atoms with Crippen LogP contribution in [-0.2, 0) is 4.79 Å². The number of amides is 1. The van der Waals surface area contributed by atoms with E-state index >= 15 is 0 Å². The Bertz CT molecular complexity index is 626. The number of aliphatic hydroxyl groups excluding tert-OH is 2. The molecule has 4 nitrogen and oxygen atoms in total. The van der Waals surface area contributed by atoms with E-state index in [-0.39, 0.29) is 12.5 Å². The van der Waals surface area contributed by atoms with Gasteiger partial charge in [-0.25, -0.2) is 0 Å². The van der Waals surface area contributed by atoms with Crippen LogP contribution in [0.1, 0.15) is 264 Å².